The third-order valence-electron chi connectivity index (χ3n) is 2.06. The average Bonchev–Trinajstić information content (AvgIpc) is 2.30. The van der Waals surface area contributed by atoms with Crippen molar-refractivity contribution in [1.82, 2.24) is 9.78 Å². The van der Waals surface area contributed by atoms with E-state index in [0.717, 1.165) is 30.3 Å². The predicted octanol–water partition coefficient (Wildman–Crippen LogP) is 2.24. The van der Waals surface area contributed by atoms with Crippen LogP contribution in [0.2, 0.25) is 0 Å². The maximum atomic E-state index is 5.66. The number of nitrogen functional groups attached to an aromatic ring is 1. The van der Waals surface area contributed by atoms with Gasteiger partial charge in [-0.25, -0.2) is 0 Å². The SMILES string of the molecule is Cc1c(N)cnn1CCC(C)C.Cl. The molecular weight excluding hydrogens is 186 g/mol. The Kier molecular flexibility index (Phi) is 4.85. The molecule has 4 heteroatoms. The zero-order valence-corrected chi connectivity index (χ0v) is 9.27. The van der Waals surface area contributed by atoms with Crippen LogP contribution in [0.4, 0.5) is 5.69 Å². The number of halogens is 1. The minimum atomic E-state index is 0. The average molecular weight is 204 g/mol. The van der Waals surface area contributed by atoms with E-state index in [2.05, 4.69) is 18.9 Å². The summed E-state index contributed by atoms with van der Waals surface area (Å²) in [6.45, 7) is 7.40. The fourth-order valence-electron chi connectivity index (χ4n) is 1.07. The highest BCUT2D eigenvalue weighted by Gasteiger charge is 2.02. The van der Waals surface area contributed by atoms with Gasteiger partial charge >= 0.3 is 0 Å². The van der Waals surface area contributed by atoms with Gasteiger partial charge in [-0.2, -0.15) is 5.10 Å². The number of anilines is 1. The summed E-state index contributed by atoms with van der Waals surface area (Å²) in [6, 6.07) is 0. The van der Waals surface area contributed by atoms with Crippen LogP contribution < -0.4 is 5.73 Å². The lowest BCUT2D eigenvalue weighted by atomic mass is 10.1. The van der Waals surface area contributed by atoms with E-state index in [-0.39, 0.29) is 12.4 Å². The minimum Gasteiger partial charge on any atom is -0.396 e. The monoisotopic (exact) mass is 203 g/mol. The van der Waals surface area contributed by atoms with Crippen molar-refractivity contribution in [2.75, 3.05) is 5.73 Å². The summed E-state index contributed by atoms with van der Waals surface area (Å²) in [6.07, 6.45) is 2.87. The van der Waals surface area contributed by atoms with Gasteiger partial charge in [-0.3, -0.25) is 4.68 Å². The Hall–Kier alpha value is -0.700. The highest BCUT2D eigenvalue weighted by atomic mass is 35.5. The van der Waals surface area contributed by atoms with Crippen molar-refractivity contribution < 1.29 is 0 Å². The number of nitrogens with two attached hydrogens (primary N) is 1. The van der Waals surface area contributed by atoms with Crippen molar-refractivity contribution >= 4 is 18.1 Å². The molecule has 1 aromatic heterocycles. The number of hydrogen-bond acceptors (Lipinski definition) is 2. The molecule has 0 spiro atoms. The third-order valence-corrected chi connectivity index (χ3v) is 2.06. The summed E-state index contributed by atoms with van der Waals surface area (Å²) >= 11 is 0. The Morgan fingerprint density at radius 1 is 1.54 bits per heavy atom. The van der Waals surface area contributed by atoms with E-state index in [1.54, 1.807) is 6.20 Å². The van der Waals surface area contributed by atoms with Crippen LogP contribution in [0.1, 0.15) is 26.0 Å². The molecule has 0 atom stereocenters. The first-order valence-corrected chi connectivity index (χ1v) is 4.39. The Morgan fingerprint density at radius 3 is 2.54 bits per heavy atom. The highest BCUT2D eigenvalue weighted by molar-refractivity contribution is 5.85. The molecule has 0 saturated heterocycles. The van der Waals surface area contributed by atoms with Crippen LogP contribution >= 0.6 is 12.4 Å². The highest BCUT2D eigenvalue weighted by Crippen LogP contribution is 2.10. The maximum Gasteiger partial charge on any atom is 0.0730 e. The van der Waals surface area contributed by atoms with Crippen LogP contribution in [-0.2, 0) is 6.54 Å². The molecule has 13 heavy (non-hydrogen) atoms. The first-order chi connectivity index (χ1) is 5.61. The smallest absolute Gasteiger partial charge is 0.0730 e. The lowest BCUT2D eigenvalue weighted by molar-refractivity contribution is 0.481. The van der Waals surface area contributed by atoms with Crippen LogP contribution in [0.25, 0.3) is 0 Å². The van der Waals surface area contributed by atoms with Crippen LogP contribution in [0.5, 0.6) is 0 Å². The molecule has 2 N–H and O–H groups in total. The third kappa shape index (κ3) is 3.27. The molecular formula is C9H18ClN3. The normalized spacial score (nSPS) is 10.2. The number of aryl methyl sites for hydroxylation is 1. The van der Waals surface area contributed by atoms with E-state index in [1.165, 1.54) is 0 Å². The molecule has 1 heterocycles. The van der Waals surface area contributed by atoms with Crippen molar-refractivity contribution in [3.63, 3.8) is 0 Å². The van der Waals surface area contributed by atoms with Gasteiger partial charge < -0.3 is 5.73 Å². The summed E-state index contributed by atoms with van der Waals surface area (Å²) in [5.74, 6) is 0.717. The molecule has 76 valence electrons. The van der Waals surface area contributed by atoms with Gasteiger partial charge in [0.1, 0.15) is 0 Å². The predicted molar refractivity (Wildman–Crippen MR) is 58.1 cm³/mol. The van der Waals surface area contributed by atoms with E-state index >= 15 is 0 Å². The lowest BCUT2D eigenvalue weighted by Gasteiger charge is -2.06. The molecule has 0 saturated carbocycles. The zero-order chi connectivity index (χ0) is 9.14. The molecule has 1 aromatic rings. The fourth-order valence-corrected chi connectivity index (χ4v) is 1.07. The second kappa shape index (κ2) is 5.12. The summed E-state index contributed by atoms with van der Waals surface area (Å²) in [4.78, 5) is 0. The molecule has 0 aliphatic carbocycles. The van der Waals surface area contributed by atoms with Gasteiger partial charge in [0, 0.05) is 6.54 Å². The number of hydrogen-bond donors (Lipinski definition) is 1. The van der Waals surface area contributed by atoms with Gasteiger partial charge in [-0.05, 0) is 19.3 Å². The largest absolute Gasteiger partial charge is 0.396 e. The van der Waals surface area contributed by atoms with Gasteiger partial charge in [0.2, 0.25) is 0 Å². The first-order valence-electron chi connectivity index (χ1n) is 4.39. The molecule has 0 fully saturated rings. The van der Waals surface area contributed by atoms with Gasteiger partial charge in [0.25, 0.3) is 0 Å². The van der Waals surface area contributed by atoms with Crippen molar-refractivity contribution in [1.29, 1.82) is 0 Å². The lowest BCUT2D eigenvalue weighted by Crippen LogP contribution is -2.05. The summed E-state index contributed by atoms with van der Waals surface area (Å²) in [7, 11) is 0. The summed E-state index contributed by atoms with van der Waals surface area (Å²) < 4.78 is 1.97. The molecule has 0 bridgehead atoms. The van der Waals surface area contributed by atoms with Gasteiger partial charge in [0.15, 0.2) is 0 Å². The molecule has 3 nitrogen and oxygen atoms in total. The van der Waals surface area contributed by atoms with Gasteiger partial charge in [-0.1, -0.05) is 13.8 Å². The molecule has 0 aromatic carbocycles. The Morgan fingerprint density at radius 2 is 2.15 bits per heavy atom. The zero-order valence-electron chi connectivity index (χ0n) is 8.45. The first kappa shape index (κ1) is 12.3. The van der Waals surface area contributed by atoms with Crippen molar-refractivity contribution in [2.24, 2.45) is 5.92 Å². The van der Waals surface area contributed by atoms with Crippen LogP contribution in [0.3, 0.4) is 0 Å². The maximum absolute atomic E-state index is 5.66. The van der Waals surface area contributed by atoms with Crippen molar-refractivity contribution in [3.8, 4) is 0 Å². The number of nitrogens with zero attached hydrogens (tertiary/aromatic N) is 2. The van der Waals surface area contributed by atoms with E-state index in [9.17, 15) is 0 Å². The van der Waals surface area contributed by atoms with Gasteiger partial charge in [0.05, 0.1) is 17.6 Å². The molecule has 0 aliphatic rings. The van der Waals surface area contributed by atoms with E-state index in [4.69, 9.17) is 5.73 Å². The summed E-state index contributed by atoms with van der Waals surface area (Å²) in [5, 5.41) is 4.18. The second-order valence-corrected chi connectivity index (χ2v) is 3.59. The molecule has 0 amide bonds. The van der Waals surface area contributed by atoms with E-state index in [1.807, 2.05) is 11.6 Å². The quantitative estimate of drug-likeness (QED) is 0.819. The standard InChI is InChI=1S/C9H17N3.ClH/c1-7(2)4-5-12-8(3)9(10)6-11-12;/h6-7H,4-5,10H2,1-3H3;1H. The molecule has 0 unspecified atom stereocenters. The molecule has 0 aliphatic heterocycles. The summed E-state index contributed by atoms with van der Waals surface area (Å²) in [5.41, 5.74) is 7.53. The van der Waals surface area contributed by atoms with E-state index < -0.39 is 0 Å². The Bertz CT molecular complexity index is 255. The number of aromatic nitrogens is 2. The van der Waals surface area contributed by atoms with E-state index in [0.29, 0.717) is 0 Å². The molecule has 1 rings (SSSR count). The van der Waals surface area contributed by atoms with Crippen molar-refractivity contribution in [2.45, 2.75) is 33.7 Å². The minimum absolute atomic E-state index is 0. The molecule has 0 radical (unpaired) electrons. The van der Waals surface area contributed by atoms with Crippen molar-refractivity contribution in [3.05, 3.63) is 11.9 Å². The Balaban J connectivity index is 0.00000144. The number of rotatable bonds is 3. The van der Waals surface area contributed by atoms with Gasteiger partial charge in [-0.15, -0.1) is 12.4 Å². The Labute approximate surface area is 85.7 Å². The second-order valence-electron chi connectivity index (χ2n) is 3.59. The van der Waals surface area contributed by atoms with Crippen LogP contribution in [0, 0.1) is 12.8 Å². The fraction of sp³-hybridized carbons (Fsp3) is 0.667. The van der Waals surface area contributed by atoms with Crippen LogP contribution in [-0.4, -0.2) is 9.78 Å². The topological polar surface area (TPSA) is 43.8 Å². The van der Waals surface area contributed by atoms with Crippen LogP contribution in [0.15, 0.2) is 6.20 Å².